The second-order valence-electron chi connectivity index (χ2n) is 3.14. The maximum absolute atomic E-state index is 12.2. The Kier molecular flexibility index (Phi) is 6.39. The summed E-state index contributed by atoms with van der Waals surface area (Å²) in [7, 11) is 4.81. The summed E-state index contributed by atoms with van der Waals surface area (Å²) in [6.45, 7) is 0. The third-order valence-corrected chi connectivity index (χ3v) is 4.16. The van der Waals surface area contributed by atoms with Crippen LogP contribution in [0.15, 0.2) is 0 Å². The number of halogens is 6. The van der Waals surface area contributed by atoms with Crippen molar-refractivity contribution in [2.75, 3.05) is 10.8 Å². The predicted octanol–water partition coefficient (Wildman–Crippen LogP) is 2.87. The van der Waals surface area contributed by atoms with Gasteiger partial charge in [-0.1, -0.05) is 11.3 Å². The average Bonchev–Trinajstić information content (AvgIpc) is 2.84. The smallest absolute Gasteiger partial charge is 0.275 e. The van der Waals surface area contributed by atoms with Gasteiger partial charge in [0.2, 0.25) is 10.1 Å². The van der Waals surface area contributed by atoms with Gasteiger partial charge in [-0.3, -0.25) is 9.69 Å². The van der Waals surface area contributed by atoms with Crippen LogP contribution in [0.25, 0.3) is 0 Å². The normalized spacial score (nSPS) is 19.4. The van der Waals surface area contributed by atoms with Gasteiger partial charge in [0.15, 0.2) is 4.71 Å². The highest BCUT2D eigenvalue weighted by Crippen LogP contribution is 2.37. The van der Waals surface area contributed by atoms with Crippen molar-refractivity contribution in [3.05, 3.63) is 5.01 Å². The summed E-state index contributed by atoms with van der Waals surface area (Å²) in [5.41, 5.74) is 0. The van der Waals surface area contributed by atoms with Crippen LogP contribution in [0.3, 0.4) is 0 Å². The maximum Gasteiger partial charge on any atom is 0.445 e. The van der Waals surface area contributed by atoms with Gasteiger partial charge in [0, 0.05) is 21.4 Å². The molecule has 1 aliphatic rings. The van der Waals surface area contributed by atoms with Gasteiger partial charge in [-0.2, -0.15) is 21.6 Å². The first kappa shape index (κ1) is 19.0. The lowest BCUT2D eigenvalue weighted by Gasteiger charge is -2.08. The number of alkyl halides is 4. The van der Waals surface area contributed by atoms with Crippen LogP contribution in [0.1, 0.15) is 5.01 Å². The molecule has 21 heavy (non-hydrogen) atoms. The van der Waals surface area contributed by atoms with Gasteiger partial charge >= 0.3 is 14.4 Å². The topological polar surface area (TPSA) is 80.2 Å². The second-order valence-corrected chi connectivity index (χ2v) is 9.53. The van der Waals surface area contributed by atoms with Crippen molar-refractivity contribution in [2.24, 2.45) is 0 Å². The van der Waals surface area contributed by atoms with Crippen molar-refractivity contribution in [2.45, 2.75) is 10.9 Å². The molecular formula is C6H3Cl3F3N3O3S3. The van der Waals surface area contributed by atoms with Crippen molar-refractivity contribution < 1.29 is 26.4 Å². The molecule has 0 aliphatic carbocycles. The van der Waals surface area contributed by atoms with Crippen LogP contribution in [0.2, 0.25) is 0 Å². The first-order chi connectivity index (χ1) is 9.39. The summed E-state index contributed by atoms with van der Waals surface area (Å²) in [4.78, 5) is 12.5. The minimum atomic E-state index is -4.54. The molecule has 1 amide bonds. The van der Waals surface area contributed by atoms with E-state index in [0.717, 1.165) is 16.7 Å². The molecule has 1 saturated heterocycles. The van der Waals surface area contributed by atoms with Crippen molar-refractivity contribution in [3.63, 3.8) is 0 Å². The molecular weight excluding hydrogens is 422 g/mol. The van der Waals surface area contributed by atoms with Crippen molar-refractivity contribution in [1.82, 2.24) is 10.2 Å². The molecule has 1 fully saturated rings. The third-order valence-electron chi connectivity index (χ3n) is 1.70. The molecule has 6 nitrogen and oxygen atoms in total. The van der Waals surface area contributed by atoms with E-state index in [4.69, 9.17) is 20.0 Å². The molecule has 1 aromatic heterocycles. The quantitative estimate of drug-likeness (QED) is 0.509. The summed E-state index contributed by atoms with van der Waals surface area (Å²) >= 11 is 7.06. The zero-order valence-corrected chi connectivity index (χ0v) is 14.1. The summed E-state index contributed by atoms with van der Waals surface area (Å²) < 4.78 is 54.3. The van der Waals surface area contributed by atoms with E-state index in [0.29, 0.717) is 11.3 Å². The molecule has 120 valence electrons. The Morgan fingerprint density at radius 2 is 1.81 bits per heavy atom. The number of carbonyl (C=O) groups excluding carboxylic acids is 1. The molecule has 1 aliphatic heterocycles. The monoisotopic (exact) mass is 423 g/mol. The number of amides is 1. The van der Waals surface area contributed by atoms with Crippen LogP contribution in [-0.2, 0) is 19.2 Å². The van der Waals surface area contributed by atoms with Crippen molar-refractivity contribution >= 4 is 75.4 Å². The number of aromatic nitrogens is 2. The molecule has 0 aromatic carbocycles. The molecule has 0 bridgehead atoms. The zero-order chi connectivity index (χ0) is 16.4. The van der Waals surface area contributed by atoms with E-state index in [1.54, 1.807) is 0 Å². The van der Waals surface area contributed by atoms with Crippen molar-refractivity contribution in [3.8, 4) is 0 Å². The molecule has 0 spiro atoms. The summed E-state index contributed by atoms with van der Waals surface area (Å²) in [6, 6.07) is 0. The number of anilines is 1. The lowest BCUT2D eigenvalue weighted by molar-refractivity contribution is -0.138. The van der Waals surface area contributed by atoms with Crippen LogP contribution >= 0.6 is 56.1 Å². The lowest BCUT2D eigenvalue weighted by atomic mass is 10.6. The number of hydrogen-bond donors (Lipinski definition) is 0. The Labute approximate surface area is 138 Å². The minimum Gasteiger partial charge on any atom is -0.275 e. The third kappa shape index (κ3) is 6.32. The van der Waals surface area contributed by atoms with E-state index in [1.165, 1.54) is 0 Å². The fourth-order valence-corrected chi connectivity index (χ4v) is 2.87. The van der Waals surface area contributed by atoms with Crippen LogP contribution in [-0.4, -0.2) is 35.1 Å². The first-order valence-corrected chi connectivity index (χ1v) is 9.95. The predicted molar refractivity (Wildman–Crippen MR) is 75.1 cm³/mol. The minimum absolute atomic E-state index is 0.0759. The largest absolute Gasteiger partial charge is 0.445 e. The van der Waals surface area contributed by atoms with Gasteiger partial charge in [0.25, 0.3) is 5.91 Å². The Bertz CT molecular complexity index is 615. The standard InChI is InChI=1S/C6H3ClF3N3OS2.Cl2O2S/c7-2-3(14)13(1-15-2)5-12-11-4(16-5)6(8,9)10;1-5(2,3)4/h2H,1H2;. The molecule has 2 rings (SSSR count). The Hall–Kier alpha value is -0.0100. The highest BCUT2D eigenvalue weighted by atomic mass is 36.0. The second kappa shape index (κ2) is 7.04. The number of thioether (sulfide) groups is 1. The van der Waals surface area contributed by atoms with Crippen LogP contribution in [0, 0.1) is 0 Å². The average molecular weight is 425 g/mol. The van der Waals surface area contributed by atoms with Gasteiger partial charge in [-0.15, -0.1) is 33.6 Å². The van der Waals surface area contributed by atoms with Crippen molar-refractivity contribution in [1.29, 1.82) is 0 Å². The molecule has 0 saturated carbocycles. The number of hydrogen-bond acceptors (Lipinski definition) is 7. The van der Waals surface area contributed by atoms with Gasteiger partial charge in [0.05, 0.1) is 5.88 Å². The fourth-order valence-electron chi connectivity index (χ4n) is 0.986. The molecule has 0 N–H and O–H groups in total. The highest BCUT2D eigenvalue weighted by molar-refractivity contribution is 8.31. The fraction of sp³-hybridized carbons (Fsp3) is 0.500. The molecule has 15 heteroatoms. The van der Waals surface area contributed by atoms with Gasteiger partial charge in [-0.05, 0) is 0 Å². The molecule has 1 unspecified atom stereocenters. The summed E-state index contributed by atoms with van der Waals surface area (Å²) in [5.74, 6) is -0.268. The van der Waals surface area contributed by atoms with Crippen LogP contribution in [0.4, 0.5) is 18.3 Å². The molecule has 2 heterocycles. The zero-order valence-electron chi connectivity index (χ0n) is 9.34. The molecule has 1 atom stereocenters. The Morgan fingerprint density at radius 1 is 1.29 bits per heavy atom. The Balaban J connectivity index is 0.000000383. The van der Waals surface area contributed by atoms with Gasteiger partial charge in [0.1, 0.15) is 0 Å². The SMILES string of the molecule is O=C1C(Cl)SCN1c1nnc(C(F)(F)F)s1.O=S(=O)(Cl)Cl. The van der Waals surface area contributed by atoms with Crippen LogP contribution in [0.5, 0.6) is 0 Å². The van der Waals surface area contributed by atoms with E-state index in [9.17, 15) is 18.0 Å². The summed E-state index contributed by atoms with van der Waals surface area (Å²) in [6.07, 6.45) is -4.54. The van der Waals surface area contributed by atoms with Gasteiger partial charge < -0.3 is 0 Å². The highest BCUT2D eigenvalue weighted by Gasteiger charge is 2.39. The number of carbonyl (C=O) groups is 1. The van der Waals surface area contributed by atoms with E-state index in [-0.39, 0.29) is 11.0 Å². The number of nitrogens with zero attached hydrogens (tertiary/aromatic N) is 3. The lowest BCUT2D eigenvalue weighted by Crippen LogP contribution is -2.27. The molecule has 0 radical (unpaired) electrons. The summed E-state index contributed by atoms with van der Waals surface area (Å²) in [5, 5.41) is 5.17. The van der Waals surface area contributed by atoms with Gasteiger partial charge in [-0.25, -0.2) is 0 Å². The van der Waals surface area contributed by atoms with E-state index < -0.39 is 30.1 Å². The van der Waals surface area contributed by atoms with Crippen LogP contribution < -0.4 is 4.90 Å². The molecule has 1 aromatic rings. The Morgan fingerprint density at radius 3 is 2.14 bits per heavy atom. The van der Waals surface area contributed by atoms with E-state index in [1.807, 2.05) is 0 Å². The first-order valence-electron chi connectivity index (χ1n) is 4.51. The number of rotatable bonds is 1. The maximum atomic E-state index is 12.2. The van der Waals surface area contributed by atoms with E-state index in [2.05, 4.69) is 31.6 Å². The van der Waals surface area contributed by atoms with E-state index >= 15 is 0 Å².